The first-order valence-electron chi connectivity index (χ1n) is 8.23. The molecule has 1 fully saturated rings. The van der Waals surface area contributed by atoms with Gasteiger partial charge >= 0.3 is 6.36 Å². The van der Waals surface area contributed by atoms with Crippen molar-refractivity contribution in [2.24, 2.45) is 0 Å². The maximum absolute atomic E-state index is 14.0. The number of rotatable bonds is 4. The Morgan fingerprint density at radius 1 is 1.03 bits per heavy atom. The van der Waals surface area contributed by atoms with Crippen molar-refractivity contribution in [3.63, 3.8) is 0 Å². The van der Waals surface area contributed by atoms with E-state index in [4.69, 9.17) is 0 Å². The second kappa shape index (κ2) is 10.7. The van der Waals surface area contributed by atoms with Crippen molar-refractivity contribution in [3.8, 4) is 11.5 Å². The van der Waals surface area contributed by atoms with E-state index in [9.17, 15) is 22.7 Å². The Hall–Kier alpha value is -1.26. The van der Waals surface area contributed by atoms with Crippen LogP contribution >= 0.6 is 40.7 Å². The van der Waals surface area contributed by atoms with E-state index in [0.717, 1.165) is 6.07 Å². The number of aromatic hydroxyl groups is 1. The zero-order valence-electron chi connectivity index (χ0n) is 14.9. The molecule has 1 heterocycles. The number of nitrogens with zero attached hydrogens (tertiary/aromatic N) is 1. The summed E-state index contributed by atoms with van der Waals surface area (Å²) in [5, 5.41) is 13.5. The average Bonchev–Trinajstić information content (AvgIpc) is 2.62. The zero-order chi connectivity index (χ0) is 19.6. The summed E-state index contributed by atoms with van der Waals surface area (Å²) in [5.74, 6) is -1.58. The van der Waals surface area contributed by atoms with Crippen LogP contribution in [0.1, 0.15) is 17.2 Å². The van der Waals surface area contributed by atoms with Gasteiger partial charge in [-0.15, -0.1) is 38.0 Å². The second-order valence-electron chi connectivity index (χ2n) is 6.10. The fourth-order valence-corrected chi connectivity index (χ4v) is 3.71. The van der Waals surface area contributed by atoms with Crippen LogP contribution in [0.2, 0.25) is 0 Å². The Balaban J connectivity index is 0.00000210. The van der Waals surface area contributed by atoms with Gasteiger partial charge in [0.1, 0.15) is 5.75 Å². The topological polar surface area (TPSA) is 44.7 Å². The van der Waals surface area contributed by atoms with Gasteiger partial charge in [0.25, 0.3) is 0 Å². The number of halogens is 7. The Kier molecular flexibility index (Phi) is 9.49. The number of piperazine rings is 1. The molecule has 0 spiro atoms. The maximum atomic E-state index is 14.0. The van der Waals surface area contributed by atoms with Gasteiger partial charge in [0.15, 0.2) is 11.6 Å². The van der Waals surface area contributed by atoms with Gasteiger partial charge in [-0.05, 0) is 29.8 Å². The fourth-order valence-electron chi connectivity index (χ4n) is 3.17. The molecule has 1 atom stereocenters. The van der Waals surface area contributed by atoms with Crippen molar-refractivity contribution in [3.05, 3.63) is 57.8 Å². The molecule has 3 rings (SSSR count). The van der Waals surface area contributed by atoms with E-state index in [0.29, 0.717) is 41.8 Å². The normalized spacial score (nSPS) is 15.8. The summed E-state index contributed by atoms with van der Waals surface area (Å²) in [6.45, 7) is 2.68. The lowest BCUT2D eigenvalue weighted by Gasteiger charge is -2.36. The molecule has 0 saturated carbocycles. The first-order chi connectivity index (χ1) is 12.8. The summed E-state index contributed by atoms with van der Waals surface area (Å²) in [6, 6.07) is 7.52. The van der Waals surface area contributed by atoms with Crippen molar-refractivity contribution in [1.82, 2.24) is 10.2 Å². The van der Waals surface area contributed by atoms with Crippen LogP contribution in [0.3, 0.4) is 0 Å². The van der Waals surface area contributed by atoms with E-state index < -0.39 is 24.0 Å². The summed E-state index contributed by atoms with van der Waals surface area (Å²) in [5.41, 5.74) is 0.953. The van der Waals surface area contributed by atoms with Crippen LogP contribution in [0.15, 0.2) is 40.9 Å². The third kappa shape index (κ3) is 6.36. The Bertz CT molecular complexity index is 804. The summed E-state index contributed by atoms with van der Waals surface area (Å²) in [6.07, 6.45) is -4.77. The predicted octanol–water partition coefficient (Wildman–Crippen LogP) is 5.03. The van der Waals surface area contributed by atoms with Gasteiger partial charge in [-0.25, -0.2) is 4.39 Å². The van der Waals surface area contributed by atoms with E-state index >= 15 is 0 Å². The Morgan fingerprint density at radius 3 is 2.17 bits per heavy atom. The fraction of sp³-hybridized carbons (Fsp3) is 0.333. The number of benzene rings is 2. The number of phenolic OH excluding ortho intramolecular Hbond substituents is 1. The van der Waals surface area contributed by atoms with Crippen LogP contribution in [0.25, 0.3) is 0 Å². The molecule has 1 saturated heterocycles. The Labute approximate surface area is 186 Å². The quantitative estimate of drug-likeness (QED) is 0.554. The van der Waals surface area contributed by atoms with Crippen LogP contribution in [-0.4, -0.2) is 42.5 Å². The van der Waals surface area contributed by atoms with Gasteiger partial charge in [-0.2, -0.15) is 0 Å². The highest BCUT2D eigenvalue weighted by molar-refractivity contribution is 9.10. The third-order valence-electron chi connectivity index (χ3n) is 4.33. The van der Waals surface area contributed by atoms with Crippen molar-refractivity contribution in [1.29, 1.82) is 0 Å². The van der Waals surface area contributed by atoms with Gasteiger partial charge in [0, 0.05) is 36.2 Å². The lowest BCUT2D eigenvalue weighted by atomic mass is 9.95. The molecule has 0 unspecified atom stereocenters. The molecule has 11 heteroatoms. The van der Waals surface area contributed by atoms with Crippen LogP contribution in [0, 0.1) is 5.82 Å². The van der Waals surface area contributed by atoms with Crippen LogP contribution in [0.4, 0.5) is 17.6 Å². The molecule has 2 aromatic carbocycles. The minimum absolute atomic E-state index is 0. The van der Waals surface area contributed by atoms with Gasteiger partial charge in [0.05, 0.1) is 6.04 Å². The summed E-state index contributed by atoms with van der Waals surface area (Å²) in [7, 11) is 0. The van der Waals surface area contributed by atoms with Crippen LogP contribution in [0.5, 0.6) is 11.5 Å². The van der Waals surface area contributed by atoms with Gasteiger partial charge in [-0.3, -0.25) is 4.90 Å². The lowest BCUT2D eigenvalue weighted by molar-refractivity contribution is -0.274. The minimum Gasteiger partial charge on any atom is -0.505 e. The largest absolute Gasteiger partial charge is 0.573 e. The number of alkyl halides is 3. The molecule has 29 heavy (non-hydrogen) atoms. The molecular formula is C18H19BrCl2F4N2O2. The third-order valence-corrected chi connectivity index (χ3v) is 5.03. The van der Waals surface area contributed by atoms with E-state index in [1.54, 1.807) is 0 Å². The van der Waals surface area contributed by atoms with Crippen molar-refractivity contribution >= 4 is 40.7 Å². The summed E-state index contributed by atoms with van der Waals surface area (Å²) >= 11 is 3.36. The number of hydrogen-bond acceptors (Lipinski definition) is 4. The van der Waals surface area contributed by atoms with Crippen LogP contribution < -0.4 is 10.1 Å². The highest BCUT2D eigenvalue weighted by Gasteiger charge is 2.32. The first-order valence-corrected chi connectivity index (χ1v) is 9.03. The molecular weight excluding hydrogens is 503 g/mol. The SMILES string of the molecule is Cl.Cl.Oc1c(F)ccc(Br)c1[C@@H](c1ccc(OC(F)(F)F)cc1)N1CCNCC1. The van der Waals surface area contributed by atoms with E-state index in [1.165, 1.54) is 30.3 Å². The molecule has 2 aromatic rings. The number of phenols is 1. The number of nitrogens with one attached hydrogen (secondary N) is 1. The van der Waals surface area contributed by atoms with Gasteiger partial charge in [0.2, 0.25) is 0 Å². The Morgan fingerprint density at radius 2 is 1.62 bits per heavy atom. The van der Waals surface area contributed by atoms with Crippen molar-refractivity contribution < 1.29 is 27.4 Å². The molecule has 1 aliphatic rings. The average molecular weight is 522 g/mol. The molecule has 2 N–H and O–H groups in total. The molecule has 0 aromatic heterocycles. The number of ether oxygens (including phenoxy) is 1. The second-order valence-corrected chi connectivity index (χ2v) is 6.95. The zero-order valence-corrected chi connectivity index (χ0v) is 18.1. The smallest absolute Gasteiger partial charge is 0.505 e. The molecule has 0 radical (unpaired) electrons. The van der Waals surface area contributed by atoms with E-state index in [2.05, 4.69) is 26.0 Å². The summed E-state index contributed by atoms with van der Waals surface area (Å²) < 4.78 is 55.6. The summed E-state index contributed by atoms with van der Waals surface area (Å²) in [4.78, 5) is 2.04. The van der Waals surface area contributed by atoms with E-state index in [1.807, 2.05) is 4.90 Å². The van der Waals surface area contributed by atoms with Crippen molar-refractivity contribution in [2.75, 3.05) is 26.2 Å². The first kappa shape index (κ1) is 25.8. The molecule has 1 aliphatic heterocycles. The molecule has 4 nitrogen and oxygen atoms in total. The molecule has 0 bridgehead atoms. The molecule has 0 aliphatic carbocycles. The van der Waals surface area contributed by atoms with E-state index in [-0.39, 0.29) is 30.6 Å². The van der Waals surface area contributed by atoms with Gasteiger partial charge < -0.3 is 15.2 Å². The molecule has 0 amide bonds. The number of hydrogen-bond donors (Lipinski definition) is 2. The maximum Gasteiger partial charge on any atom is 0.573 e. The molecule has 162 valence electrons. The minimum atomic E-state index is -4.77. The van der Waals surface area contributed by atoms with Gasteiger partial charge in [-0.1, -0.05) is 28.1 Å². The highest BCUT2D eigenvalue weighted by Crippen LogP contribution is 2.41. The standard InChI is InChI=1S/C18H17BrF4N2O2.2ClH/c19-13-5-6-14(20)17(26)15(13)16(25-9-7-24-8-10-25)11-1-3-12(4-2-11)27-18(21,22)23;;/h1-6,16,24,26H,7-10H2;2*1H/t16-;;/m1../s1. The predicted molar refractivity (Wildman–Crippen MR) is 110 cm³/mol. The highest BCUT2D eigenvalue weighted by atomic mass is 79.9. The lowest BCUT2D eigenvalue weighted by Crippen LogP contribution is -2.45. The van der Waals surface area contributed by atoms with Crippen molar-refractivity contribution in [2.45, 2.75) is 12.4 Å². The monoisotopic (exact) mass is 520 g/mol. The van der Waals surface area contributed by atoms with Crippen LogP contribution in [-0.2, 0) is 0 Å².